The molecule has 2 rings (SSSR count). The molecule has 1 N–H and O–H groups in total. The molecular formula is C18H22FNO. The lowest BCUT2D eigenvalue weighted by molar-refractivity contribution is 0.402. The summed E-state index contributed by atoms with van der Waals surface area (Å²) in [6.07, 6.45) is 0.881. The second-order valence-electron chi connectivity index (χ2n) is 5.24. The summed E-state index contributed by atoms with van der Waals surface area (Å²) in [6, 6.07) is 13.2. The third kappa shape index (κ3) is 4.05. The fourth-order valence-corrected chi connectivity index (χ4v) is 2.50. The van der Waals surface area contributed by atoms with E-state index in [1.807, 2.05) is 31.2 Å². The highest BCUT2D eigenvalue weighted by atomic mass is 19.1. The molecule has 0 heterocycles. The van der Waals surface area contributed by atoms with Gasteiger partial charge < -0.3 is 10.1 Å². The number of aryl methyl sites for hydroxylation is 1. The average molecular weight is 287 g/mol. The molecule has 2 aromatic rings. The van der Waals surface area contributed by atoms with Gasteiger partial charge in [0.25, 0.3) is 0 Å². The number of hydrogen-bond donors (Lipinski definition) is 1. The van der Waals surface area contributed by atoms with Crippen LogP contribution in [-0.4, -0.2) is 13.7 Å². The van der Waals surface area contributed by atoms with Crippen molar-refractivity contribution >= 4 is 0 Å². The number of benzene rings is 2. The van der Waals surface area contributed by atoms with Gasteiger partial charge in [0.1, 0.15) is 11.6 Å². The molecule has 1 unspecified atom stereocenters. The number of para-hydroxylation sites is 1. The lowest BCUT2D eigenvalue weighted by Gasteiger charge is -2.17. The van der Waals surface area contributed by atoms with Gasteiger partial charge >= 0.3 is 0 Å². The van der Waals surface area contributed by atoms with Crippen molar-refractivity contribution in [3.05, 3.63) is 65.0 Å². The van der Waals surface area contributed by atoms with E-state index in [1.165, 1.54) is 11.6 Å². The number of rotatable bonds is 6. The van der Waals surface area contributed by atoms with Crippen molar-refractivity contribution in [2.45, 2.75) is 26.3 Å². The van der Waals surface area contributed by atoms with Crippen molar-refractivity contribution in [1.29, 1.82) is 0 Å². The number of hydrogen-bond acceptors (Lipinski definition) is 2. The lowest BCUT2D eigenvalue weighted by Crippen LogP contribution is -2.22. The van der Waals surface area contributed by atoms with E-state index >= 15 is 0 Å². The highest BCUT2D eigenvalue weighted by Crippen LogP contribution is 2.24. The minimum absolute atomic E-state index is 0.174. The van der Waals surface area contributed by atoms with Gasteiger partial charge in [-0.3, -0.25) is 0 Å². The maximum atomic E-state index is 13.1. The molecule has 0 aromatic heterocycles. The molecule has 0 aliphatic heterocycles. The molecule has 0 aliphatic rings. The van der Waals surface area contributed by atoms with Gasteiger partial charge in [-0.2, -0.15) is 0 Å². The van der Waals surface area contributed by atoms with E-state index in [4.69, 9.17) is 4.74 Å². The van der Waals surface area contributed by atoms with Gasteiger partial charge in [-0.1, -0.05) is 24.3 Å². The van der Waals surface area contributed by atoms with E-state index in [0.717, 1.165) is 29.8 Å². The first-order valence-electron chi connectivity index (χ1n) is 7.23. The third-order valence-corrected chi connectivity index (χ3v) is 3.75. The minimum atomic E-state index is -0.174. The van der Waals surface area contributed by atoms with Crippen LogP contribution in [0.4, 0.5) is 4.39 Å². The molecular weight excluding hydrogens is 265 g/mol. The van der Waals surface area contributed by atoms with Crippen LogP contribution in [0.2, 0.25) is 0 Å². The summed E-state index contributed by atoms with van der Waals surface area (Å²) < 4.78 is 18.5. The molecule has 21 heavy (non-hydrogen) atoms. The van der Waals surface area contributed by atoms with Crippen LogP contribution >= 0.6 is 0 Å². The molecule has 112 valence electrons. The quantitative estimate of drug-likeness (QED) is 0.866. The first-order valence-corrected chi connectivity index (χ1v) is 7.23. The summed E-state index contributed by atoms with van der Waals surface area (Å²) in [7, 11) is 1.69. The first kappa shape index (κ1) is 15.5. The first-order chi connectivity index (χ1) is 10.1. The Labute approximate surface area is 126 Å². The minimum Gasteiger partial charge on any atom is -0.496 e. The SMILES string of the molecule is COc1ccccc1C(C)NCCc1ccc(F)cc1C. The monoisotopic (exact) mass is 287 g/mol. The van der Waals surface area contributed by atoms with E-state index < -0.39 is 0 Å². The van der Waals surface area contributed by atoms with Crippen LogP contribution in [0, 0.1) is 12.7 Å². The Kier molecular flexibility index (Phi) is 5.34. The Morgan fingerprint density at radius 2 is 1.95 bits per heavy atom. The van der Waals surface area contributed by atoms with Crippen LogP contribution in [0.15, 0.2) is 42.5 Å². The van der Waals surface area contributed by atoms with Crippen LogP contribution in [-0.2, 0) is 6.42 Å². The van der Waals surface area contributed by atoms with Crippen LogP contribution in [0.3, 0.4) is 0 Å². The van der Waals surface area contributed by atoms with Crippen molar-refractivity contribution in [3.8, 4) is 5.75 Å². The molecule has 0 fully saturated rings. The molecule has 0 bridgehead atoms. The number of ether oxygens (including phenoxy) is 1. The Bertz CT molecular complexity index is 598. The highest BCUT2D eigenvalue weighted by Gasteiger charge is 2.10. The van der Waals surface area contributed by atoms with E-state index in [2.05, 4.69) is 18.3 Å². The topological polar surface area (TPSA) is 21.3 Å². The van der Waals surface area contributed by atoms with E-state index in [1.54, 1.807) is 13.2 Å². The van der Waals surface area contributed by atoms with Crippen LogP contribution in [0.25, 0.3) is 0 Å². The summed E-state index contributed by atoms with van der Waals surface area (Å²) in [4.78, 5) is 0. The maximum Gasteiger partial charge on any atom is 0.123 e. The third-order valence-electron chi connectivity index (χ3n) is 3.75. The molecule has 0 aliphatic carbocycles. The Morgan fingerprint density at radius 3 is 2.67 bits per heavy atom. The van der Waals surface area contributed by atoms with Crippen LogP contribution < -0.4 is 10.1 Å². The number of halogens is 1. The standard InChI is InChI=1S/C18H22FNO/c1-13-12-16(19)9-8-15(13)10-11-20-14(2)17-6-4-5-7-18(17)21-3/h4-9,12,14,20H,10-11H2,1-3H3. The highest BCUT2D eigenvalue weighted by molar-refractivity contribution is 5.35. The summed E-state index contributed by atoms with van der Waals surface area (Å²) in [5.74, 6) is 0.724. The summed E-state index contributed by atoms with van der Waals surface area (Å²) >= 11 is 0. The molecule has 3 heteroatoms. The van der Waals surface area contributed by atoms with Gasteiger partial charge in [0.05, 0.1) is 7.11 Å². The molecule has 0 amide bonds. The van der Waals surface area contributed by atoms with Gasteiger partial charge in [0.2, 0.25) is 0 Å². The van der Waals surface area contributed by atoms with E-state index in [9.17, 15) is 4.39 Å². The van der Waals surface area contributed by atoms with E-state index in [-0.39, 0.29) is 11.9 Å². The van der Waals surface area contributed by atoms with Crippen molar-refractivity contribution in [2.75, 3.05) is 13.7 Å². The summed E-state index contributed by atoms with van der Waals surface area (Å²) in [5, 5.41) is 3.49. The second-order valence-corrected chi connectivity index (χ2v) is 5.24. The molecule has 0 saturated heterocycles. The Morgan fingerprint density at radius 1 is 1.19 bits per heavy atom. The normalized spacial score (nSPS) is 12.2. The predicted octanol–water partition coefficient (Wildman–Crippen LogP) is 4.04. The Balaban J connectivity index is 1.93. The van der Waals surface area contributed by atoms with Crippen LogP contribution in [0.5, 0.6) is 5.75 Å². The van der Waals surface area contributed by atoms with Crippen molar-refractivity contribution in [3.63, 3.8) is 0 Å². The maximum absolute atomic E-state index is 13.1. The molecule has 0 spiro atoms. The number of nitrogens with one attached hydrogen (secondary N) is 1. The number of methoxy groups -OCH3 is 1. The second kappa shape index (κ2) is 7.23. The molecule has 0 saturated carbocycles. The van der Waals surface area contributed by atoms with Gasteiger partial charge in [-0.05, 0) is 56.1 Å². The van der Waals surface area contributed by atoms with Gasteiger partial charge in [-0.15, -0.1) is 0 Å². The molecule has 2 aromatic carbocycles. The lowest BCUT2D eigenvalue weighted by atomic mass is 10.0. The molecule has 1 atom stereocenters. The van der Waals surface area contributed by atoms with Gasteiger partial charge in [-0.25, -0.2) is 4.39 Å². The smallest absolute Gasteiger partial charge is 0.123 e. The molecule has 0 radical (unpaired) electrons. The summed E-state index contributed by atoms with van der Waals surface area (Å²) in [5.41, 5.74) is 3.33. The largest absolute Gasteiger partial charge is 0.496 e. The zero-order chi connectivity index (χ0) is 15.2. The van der Waals surface area contributed by atoms with Gasteiger partial charge in [0, 0.05) is 11.6 Å². The zero-order valence-corrected chi connectivity index (χ0v) is 12.8. The predicted molar refractivity (Wildman–Crippen MR) is 84.3 cm³/mol. The van der Waals surface area contributed by atoms with Crippen molar-refractivity contribution in [1.82, 2.24) is 5.32 Å². The average Bonchev–Trinajstić information content (AvgIpc) is 2.49. The fraction of sp³-hybridized carbons (Fsp3) is 0.333. The van der Waals surface area contributed by atoms with Crippen molar-refractivity contribution < 1.29 is 9.13 Å². The molecule has 2 nitrogen and oxygen atoms in total. The van der Waals surface area contributed by atoms with Crippen molar-refractivity contribution in [2.24, 2.45) is 0 Å². The zero-order valence-electron chi connectivity index (χ0n) is 12.8. The van der Waals surface area contributed by atoms with E-state index in [0.29, 0.717) is 0 Å². The fourth-order valence-electron chi connectivity index (χ4n) is 2.50. The van der Waals surface area contributed by atoms with Gasteiger partial charge in [0.15, 0.2) is 0 Å². The summed E-state index contributed by atoms with van der Waals surface area (Å²) in [6.45, 7) is 4.91. The van der Waals surface area contributed by atoms with Crippen LogP contribution in [0.1, 0.15) is 29.7 Å². The Hall–Kier alpha value is -1.87.